The number of fused-ring (bicyclic) bond motifs is 1. The minimum atomic E-state index is -0.310. The fourth-order valence-corrected chi connectivity index (χ4v) is 4.45. The molecule has 0 radical (unpaired) electrons. The van der Waals surface area contributed by atoms with Gasteiger partial charge in [0.05, 0.1) is 20.3 Å². The molecule has 0 amide bonds. The number of hydrogen-bond acceptors (Lipinski definition) is 4. The van der Waals surface area contributed by atoms with Crippen LogP contribution in [-0.2, 0) is 6.42 Å². The van der Waals surface area contributed by atoms with Gasteiger partial charge in [-0.05, 0) is 84.4 Å². The van der Waals surface area contributed by atoms with Crippen LogP contribution in [0.25, 0.3) is 0 Å². The summed E-state index contributed by atoms with van der Waals surface area (Å²) in [5, 5.41) is 4.47. The quantitative estimate of drug-likeness (QED) is 0.439. The molecule has 0 bridgehead atoms. The molecule has 1 aliphatic heterocycles. The normalized spacial score (nSPS) is 14.9. The van der Waals surface area contributed by atoms with Gasteiger partial charge in [0.1, 0.15) is 18.2 Å². The fraction of sp³-hybridized carbons (Fsp3) is 0.240. The van der Waals surface area contributed by atoms with Gasteiger partial charge >= 0.3 is 0 Å². The second-order valence-electron chi connectivity index (χ2n) is 7.57. The minimum Gasteiger partial charge on any atom is -0.493 e. The maximum absolute atomic E-state index is 13.3. The molecule has 0 unspecified atom stereocenters. The number of anilines is 1. The molecule has 172 valence electrons. The highest BCUT2D eigenvalue weighted by molar-refractivity contribution is 7.80. The molecular formula is C25H24ClFN2O3S. The fourth-order valence-electron chi connectivity index (χ4n) is 3.92. The number of nitrogens with one attached hydrogen (secondary N) is 1. The zero-order valence-corrected chi connectivity index (χ0v) is 19.9. The molecule has 0 aromatic heterocycles. The van der Waals surface area contributed by atoms with Crippen LogP contribution in [0.4, 0.5) is 10.1 Å². The molecule has 33 heavy (non-hydrogen) atoms. The largest absolute Gasteiger partial charge is 0.493 e. The van der Waals surface area contributed by atoms with Crippen molar-refractivity contribution in [3.05, 3.63) is 82.6 Å². The summed E-state index contributed by atoms with van der Waals surface area (Å²) < 4.78 is 30.4. The van der Waals surface area contributed by atoms with Gasteiger partial charge in [-0.3, -0.25) is 0 Å². The van der Waals surface area contributed by atoms with Crippen LogP contribution in [0, 0.1) is 5.82 Å². The van der Waals surface area contributed by atoms with E-state index in [1.165, 1.54) is 12.1 Å². The lowest BCUT2D eigenvalue weighted by Crippen LogP contribution is -2.44. The van der Waals surface area contributed by atoms with E-state index >= 15 is 0 Å². The second-order valence-corrected chi connectivity index (χ2v) is 8.39. The van der Waals surface area contributed by atoms with Gasteiger partial charge in [-0.2, -0.15) is 0 Å². The average molecular weight is 487 g/mol. The summed E-state index contributed by atoms with van der Waals surface area (Å²) in [5.74, 6) is 1.59. The van der Waals surface area contributed by atoms with E-state index in [0.29, 0.717) is 40.5 Å². The zero-order valence-electron chi connectivity index (χ0n) is 18.3. The third kappa shape index (κ3) is 5.31. The lowest BCUT2D eigenvalue weighted by molar-refractivity contribution is 0.190. The van der Waals surface area contributed by atoms with Crippen LogP contribution >= 0.6 is 23.8 Å². The predicted octanol–water partition coefficient (Wildman–Crippen LogP) is 5.87. The molecule has 8 heteroatoms. The van der Waals surface area contributed by atoms with E-state index in [0.717, 1.165) is 23.2 Å². The van der Waals surface area contributed by atoms with Crippen molar-refractivity contribution in [2.45, 2.75) is 12.5 Å². The van der Waals surface area contributed by atoms with Gasteiger partial charge in [0.2, 0.25) is 0 Å². The topological polar surface area (TPSA) is 43.0 Å². The van der Waals surface area contributed by atoms with Crippen molar-refractivity contribution in [1.29, 1.82) is 0 Å². The summed E-state index contributed by atoms with van der Waals surface area (Å²) in [6.07, 6.45) is 0.778. The zero-order chi connectivity index (χ0) is 23.4. The van der Waals surface area contributed by atoms with Gasteiger partial charge in [0.15, 0.2) is 16.6 Å². The highest BCUT2D eigenvalue weighted by Gasteiger charge is 2.31. The Morgan fingerprint density at radius 3 is 2.52 bits per heavy atom. The average Bonchev–Trinajstić information content (AvgIpc) is 2.82. The molecular weight excluding hydrogens is 463 g/mol. The summed E-state index contributed by atoms with van der Waals surface area (Å²) in [6.45, 7) is 0.998. The SMILES string of the molecule is COc1cc2c(cc1OC)[C@@H](COc1ccc(F)cc1)N(C(=S)Nc1cccc(Cl)c1)CC2. The lowest BCUT2D eigenvalue weighted by atomic mass is 9.92. The van der Waals surface area contributed by atoms with E-state index in [4.69, 9.17) is 38.0 Å². The predicted molar refractivity (Wildman–Crippen MR) is 132 cm³/mol. The van der Waals surface area contributed by atoms with Gasteiger partial charge in [0, 0.05) is 17.3 Å². The standard InChI is InChI=1S/C25H24ClFN2O3S/c1-30-23-12-16-10-11-29(25(33)28-19-5-3-4-17(26)13-19)22(21(16)14-24(23)31-2)15-32-20-8-6-18(27)7-9-20/h3-9,12-14,22H,10-11,15H2,1-2H3,(H,28,33)/t22-/m1/s1. The smallest absolute Gasteiger partial charge is 0.174 e. The summed E-state index contributed by atoms with van der Waals surface area (Å²) in [6, 6.07) is 17.2. The molecule has 1 N–H and O–H groups in total. The molecule has 5 nitrogen and oxygen atoms in total. The number of hydrogen-bond donors (Lipinski definition) is 1. The first kappa shape index (κ1) is 23.1. The second kappa shape index (κ2) is 10.3. The lowest BCUT2D eigenvalue weighted by Gasteiger charge is -2.39. The molecule has 0 aliphatic carbocycles. The summed E-state index contributed by atoms with van der Waals surface area (Å²) >= 11 is 11.9. The van der Waals surface area contributed by atoms with Gasteiger partial charge < -0.3 is 24.4 Å². The minimum absolute atomic E-state index is 0.196. The Hall–Kier alpha value is -3.03. The number of methoxy groups -OCH3 is 2. The Morgan fingerprint density at radius 2 is 1.82 bits per heavy atom. The van der Waals surface area contributed by atoms with Crippen LogP contribution in [0.1, 0.15) is 17.2 Å². The molecule has 4 rings (SSSR count). The highest BCUT2D eigenvalue weighted by Crippen LogP contribution is 2.38. The van der Waals surface area contributed by atoms with Crippen LogP contribution in [0.2, 0.25) is 5.02 Å². The van der Waals surface area contributed by atoms with Crippen molar-refractivity contribution in [2.75, 3.05) is 32.7 Å². The summed E-state index contributed by atoms with van der Waals surface area (Å²) in [4.78, 5) is 2.09. The van der Waals surface area contributed by atoms with Crippen LogP contribution in [0.5, 0.6) is 17.2 Å². The van der Waals surface area contributed by atoms with Crippen LogP contribution < -0.4 is 19.5 Å². The van der Waals surface area contributed by atoms with E-state index in [1.54, 1.807) is 26.4 Å². The molecule has 0 spiro atoms. The summed E-state index contributed by atoms with van der Waals surface area (Å²) in [5.41, 5.74) is 2.99. The highest BCUT2D eigenvalue weighted by atomic mass is 35.5. The first-order chi connectivity index (χ1) is 16.0. The van der Waals surface area contributed by atoms with Crippen LogP contribution in [0.3, 0.4) is 0 Å². The Morgan fingerprint density at radius 1 is 1.09 bits per heavy atom. The van der Waals surface area contributed by atoms with E-state index in [9.17, 15) is 4.39 Å². The number of rotatable bonds is 6. The molecule has 3 aromatic rings. The van der Waals surface area contributed by atoms with E-state index in [1.807, 2.05) is 36.4 Å². The van der Waals surface area contributed by atoms with Gasteiger partial charge in [-0.15, -0.1) is 0 Å². The number of halogens is 2. The van der Waals surface area contributed by atoms with E-state index in [-0.39, 0.29) is 11.9 Å². The van der Waals surface area contributed by atoms with Gasteiger partial charge in [-0.25, -0.2) is 4.39 Å². The molecule has 0 fully saturated rings. The molecule has 3 aromatic carbocycles. The van der Waals surface area contributed by atoms with E-state index in [2.05, 4.69) is 10.2 Å². The van der Waals surface area contributed by atoms with Crippen molar-refractivity contribution in [2.24, 2.45) is 0 Å². The Bertz CT molecular complexity index is 1140. The Labute approximate surface area is 203 Å². The maximum atomic E-state index is 13.3. The molecule has 1 heterocycles. The van der Waals surface area contributed by atoms with Crippen LogP contribution in [0.15, 0.2) is 60.7 Å². The van der Waals surface area contributed by atoms with Crippen molar-refractivity contribution >= 4 is 34.6 Å². The number of ether oxygens (including phenoxy) is 3. The van der Waals surface area contributed by atoms with Crippen molar-refractivity contribution < 1.29 is 18.6 Å². The van der Waals surface area contributed by atoms with Gasteiger partial charge in [0.25, 0.3) is 0 Å². The first-order valence-electron chi connectivity index (χ1n) is 10.4. The number of nitrogens with zero attached hydrogens (tertiary/aromatic N) is 1. The monoisotopic (exact) mass is 486 g/mol. The van der Waals surface area contributed by atoms with Crippen molar-refractivity contribution in [3.63, 3.8) is 0 Å². The number of benzene rings is 3. The first-order valence-corrected chi connectivity index (χ1v) is 11.2. The van der Waals surface area contributed by atoms with Crippen LogP contribution in [-0.4, -0.2) is 37.4 Å². The third-order valence-corrected chi connectivity index (χ3v) is 6.13. The Balaban J connectivity index is 1.64. The molecule has 1 aliphatic rings. The van der Waals surface area contributed by atoms with Gasteiger partial charge in [-0.1, -0.05) is 17.7 Å². The van der Waals surface area contributed by atoms with Crippen molar-refractivity contribution in [3.8, 4) is 17.2 Å². The summed E-state index contributed by atoms with van der Waals surface area (Å²) in [7, 11) is 3.23. The third-order valence-electron chi connectivity index (χ3n) is 5.56. The van der Waals surface area contributed by atoms with Crippen molar-refractivity contribution in [1.82, 2.24) is 4.90 Å². The number of thiocarbonyl (C=S) groups is 1. The Kier molecular flexibility index (Phi) is 7.20. The van der Waals surface area contributed by atoms with E-state index < -0.39 is 0 Å². The molecule has 0 saturated heterocycles. The molecule has 0 saturated carbocycles. The maximum Gasteiger partial charge on any atom is 0.174 e. The molecule has 1 atom stereocenters.